The van der Waals surface area contributed by atoms with Crippen LogP contribution in [0, 0.1) is 10.1 Å². The minimum atomic E-state index is -0.454. The largest absolute Gasteiger partial charge is 0.497 e. The molecular formula is C19H17N3O4. The Morgan fingerprint density at radius 2 is 1.88 bits per heavy atom. The van der Waals surface area contributed by atoms with E-state index in [-0.39, 0.29) is 11.4 Å². The molecule has 132 valence electrons. The van der Waals surface area contributed by atoms with Crippen molar-refractivity contribution < 1.29 is 14.4 Å². The molecule has 0 radical (unpaired) electrons. The first-order valence-electron chi connectivity index (χ1n) is 7.87. The van der Waals surface area contributed by atoms with Gasteiger partial charge in [0.2, 0.25) is 0 Å². The summed E-state index contributed by atoms with van der Waals surface area (Å²) < 4.78 is 10.3. The lowest BCUT2D eigenvalue weighted by Crippen LogP contribution is -1.98. The molecule has 0 amide bonds. The molecule has 0 fully saturated rings. The molecule has 0 aliphatic carbocycles. The predicted molar refractivity (Wildman–Crippen MR) is 96.5 cm³/mol. The van der Waals surface area contributed by atoms with Crippen LogP contribution >= 0.6 is 0 Å². The van der Waals surface area contributed by atoms with Crippen LogP contribution in [0.25, 0.3) is 11.3 Å². The average Bonchev–Trinajstić information content (AvgIpc) is 2.68. The van der Waals surface area contributed by atoms with Crippen LogP contribution in [-0.2, 0) is 6.42 Å². The van der Waals surface area contributed by atoms with Crippen molar-refractivity contribution in [3.05, 3.63) is 76.2 Å². The highest BCUT2D eigenvalue weighted by Gasteiger charge is 2.15. The van der Waals surface area contributed by atoms with Gasteiger partial charge in [0.1, 0.15) is 12.1 Å². The Labute approximate surface area is 150 Å². The van der Waals surface area contributed by atoms with Crippen LogP contribution < -0.4 is 9.47 Å². The van der Waals surface area contributed by atoms with Crippen molar-refractivity contribution in [3.63, 3.8) is 0 Å². The van der Waals surface area contributed by atoms with E-state index in [9.17, 15) is 10.1 Å². The van der Waals surface area contributed by atoms with Crippen LogP contribution in [-0.4, -0.2) is 29.1 Å². The molecule has 3 aromatic rings. The quantitative estimate of drug-likeness (QED) is 0.497. The third-order valence-corrected chi connectivity index (χ3v) is 3.91. The normalized spacial score (nSPS) is 10.4. The van der Waals surface area contributed by atoms with Gasteiger partial charge in [0.15, 0.2) is 5.75 Å². The summed E-state index contributed by atoms with van der Waals surface area (Å²) in [5.41, 5.74) is 3.14. The number of rotatable bonds is 6. The first-order chi connectivity index (χ1) is 12.6. The maximum atomic E-state index is 11.2. The van der Waals surface area contributed by atoms with E-state index in [1.807, 2.05) is 30.3 Å². The van der Waals surface area contributed by atoms with E-state index in [2.05, 4.69) is 9.97 Å². The molecule has 7 heteroatoms. The molecule has 2 aromatic carbocycles. The minimum absolute atomic E-state index is 0.0629. The van der Waals surface area contributed by atoms with E-state index in [0.717, 1.165) is 28.3 Å². The summed E-state index contributed by atoms with van der Waals surface area (Å²) in [6.45, 7) is 0. The summed E-state index contributed by atoms with van der Waals surface area (Å²) >= 11 is 0. The molecule has 0 N–H and O–H groups in total. The molecule has 7 nitrogen and oxygen atoms in total. The van der Waals surface area contributed by atoms with Crippen molar-refractivity contribution in [2.45, 2.75) is 6.42 Å². The molecule has 26 heavy (non-hydrogen) atoms. The number of methoxy groups -OCH3 is 2. The average molecular weight is 351 g/mol. The lowest BCUT2D eigenvalue weighted by molar-refractivity contribution is -0.385. The van der Waals surface area contributed by atoms with Gasteiger partial charge in [-0.1, -0.05) is 18.2 Å². The lowest BCUT2D eigenvalue weighted by atomic mass is 10.1. The van der Waals surface area contributed by atoms with Crippen molar-refractivity contribution in [3.8, 4) is 22.8 Å². The molecule has 0 spiro atoms. The van der Waals surface area contributed by atoms with Crippen molar-refractivity contribution in [2.75, 3.05) is 14.2 Å². The number of nitro benzene ring substituents is 1. The minimum Gasteiger partial charge on any atom is -0.497 e. The Hall–Kier alpha value is -3.48. The fourth-order valence-corrected chi connectivity index (χ4v) is 2.63. The highest BCUT2D eigenvalue weighted by Crippen LogP contribution is 2.29. The maximum absolute atomic E-state index is 11.2. The summed E-state index contributed by atoms with van der Waals surface area (Å²) in [5.74, 6) is 0.979. The standard InChI is InChI=1S/C19H17N3O4/c1-25-16-5-3-4-14(10-16)17-11-15(20-12-21-17)8-13-6-7-19(26-2)18(9-13)22(23)24/h3-7,9-12H,8H2,1-2H3. The van der Waals surface area contributed by atoms with E-state index < -0.39 is 4.92 Å². The Kier molecular flexibility index (Phi) is 5.07. The predicted octanol–water partition coefficient (Wildman–Crippen LogP) is 3.66. The second-order valence-electron chi connectivity index (χ2n) is 5.57. The van der Waals surface area contributed by atoms with Gasteiger partial charge >= 0.3 is 5.69 Å². The number of ether oxygens (including phenoxy) is 2. The van der Waals surface area contributed by atoms with E-state index in [1.165, 1.54) is 19.5 Å². The second-order valence-corrected chi connectivity index (χ2v) is 5.57. The Morgan fingerprint density at radius 1 is 1.04 bits per heavy atom. The lowest BCUT2D eigenvalue weighted by Gasteiger charge is -2.07. The van der Waals surface area contributed by atoms with Crippen molar-refractivity contribution >= 4 is 5.69 Å². The summed E-state index contributed by atoms with van der Waals surface area (Å²) in [7, 11) is 3.02. The van der Waals surface area contributed by atoms with Crippen LogP contribution in [0.2, 0.25) is 0 Å². The number of hydrogen-bond acceptors (Lipinski definition) is 6. The van der Waals surface area contributed by atoms with Gasteiger partial charge in [-0.3, -0.25) is 10.1 Å². The molecule has 1 aromatic heterocycles. The summed E-state index contributed by atoms with van der Waals surface area (Å²) in [6, 6.07) is 14.3. The van der Waals surface area contributed by atoms with Gasteiger partial charge < -0.3 is 9.47 Å². The van der Waals surface area contributed by atoms with Crippen LogP contribution in [0.3, 0.4) is 0 Å². The second kappa shape index (κ2) is 7.60. The van der Waals surface area contributed by atoms with Crippen LogP contribution in [0.15, 0.2) is 54.9 Å². The maximum Gasteiger partial charge on any atom is 0.311 e. The van der Waals surface area contributed by atoms with Gasteiger partial charge in [-0.15, -0.1) is 0 Å². The number of benzene rings is 2. The van der Waals surface area contributed by atoms with E-state index in [4.69, 9.17) is 9.47 Å². The van der Waals surface area contributed by atoms with Crippen LogP contribution in [0.1, 0.15) is 11.3 Å². The molecule has 0 saturated heterocycles. The smallest absolute Gasteiger partial charge is 0.311 e. The molecule has 0 atom stereocenters. The highest BCUT2D eigenvalue weighted by molar-refractivity contribution is 5.61. The zero-order valence-corrected chi connectivity index (χ0v) is 14.4. The van der Waals surface area contributed by atoms with Gasteiger partial charge in [0.25, 0.3) is 0 Å². The Bertz CT molecular complexity index is 944. The molecule has 0 aliphatic heterocycles. The third kappa shape index (κ3) is 3.77. The topological polar surface area (TPSA) is 87.4 Å². The Balaban J connectivity index is 1.89. The molecule has 3 rings (SSSR count). The van der Waals surface area contributed by atoms with Gasteiger partial charge in [0.05, 0.1) is 24.8 Å². The molecule has 0 saturated carbocycles. The van der Waals surface area contributed by atoms with Crippen molar-refractivity contribution in [1.82, 2.24) is 9.97 Å². The van der Waals surface area contributed by atoms with E-state index >= 15 is 0 Å². The number of hydrogen-bond donors (Lipinski definition) is 0. The van der Waals surface area contributed by atoms with Gasteiger partial charge in [-0.2, -0.15) is 0 Å². The summed E-state index contributed by atoms with van der Waals surface area (Å²) in [5, 5.41) is 11.2. The SMILES string of the molecule is COc1cccc(-c2cc(Cc3ccc(OC)c([N+](=O)[O-])c3)ncn2)c1. The van der Waals surface area contributed by atoms with E-state index in [1.54, 1.807) is 19.2 Å². The molecule has 1 heterocycles. The van der Waals surface area contributed by atoms with Crippen LogP contribution in [0.4, 0.5) is 5.69 Å². The molecular weight excluding hydrogens is 334 g/mol. The fraction of sp³-hybridized carbons (Fsp3) is 0.158. The fourth-order valence-electron chi connectivity index (χ4n) is 2.63. The molecule has 0 aliphatic rings. The zero-order valence-electron chi connectivity index (χ0n) is 14.4. The van der Waals surface area contributed by atoms with Crippen molar-refractivity contribution in [1.29, 1.82) is 0 Å². The highest BCUT2D eigenvalue weighted by atomic mass is 16.6. The number of aromatic nitrogens is 2. The van der Waals surface area contributed by atoms with Gasteiger partial charge in [-0.25, -0.2) is 9.97 Å². The zero-order chi connectivity index (χ0) is 18.5. The summed E-state index contributed by atoms with van der Waals surface area (Å²) in [4.78, 5) is 19.3. The van der Waals surface area contributed by atoms with E-state index in [0.29, 0.717) is 6.42 Å². The monoisotopic (exact) mass is 351 g/mol. The summed E-state index contributed by atoms with van der Waals surface area (Å²) in [6.07, 6.45) is 1.94. The first kappa shape index (κ1) is 17.3. The van der Waals surface area contributed by atoms with Crippen LogP contribution in [0.5, 0.6) is 11.5 Å². The molecule has 0 bridgehead atoms. The van der Waals surface area contributed by atoms with Crippen molar-refractivity contribution in [2.24, 2.45) is 0 Å². The number of nitrogens with zero attached hydrogens (tertiary/aromatic N) is 3. The van der Waals surface area contributed by atoms with Gasteiger partial charge in [0, 0.05) is 23.7 Å². The number of nitro groups is 1. The third-order valence-electron chi connectivity index (χ3n) is 3.91. The molecule has 0 unspecified atom stereocenters. The Morgan fingerprint density at radius 3 is 2.62 bits per heavy atom. The van der Waals surface area contributed by atoms with Gasteiger partial charge in [-0.05, 0) is 29.8 Å². The first-order valence-corrected chi connectivity index (χ1v) is 7.87.